The summed E-state index contributed by atoms with van der Waals surface area (Å²) in [5.41, 5.74) is 0.542. The van der Waals surface area contributed by atoms with Gasteiger partial charge >= 0.3 is 0 Å². The van der Waals surface area contributed by atoms with Gasteiger partial charge in [0.2, 0.25) is 10.0 Å². The van der Waals surface area contributed by atoms with Gasteiger partial charge in [0, 0.05) is 31.3 Å². The van der Waals surface area contributed by atoms with Crippen LogP contribution in [0.15, 0.2) is 18.2 Å². The molecule has 0 saturated carbocycles. The highest BCUT2D eigenvalue weighted by Crippen LogP contribution is 2.28. The molecule has 0 spiro atoms. The molecule has 0 saturated heterocycles. The first-order valence-electron chi connectivity index (χ1n) is 11.9. The molecule has 4 atom stereocenters. The minimum absolute atomic E-state index is 0.00362. The normalized spacial score (nSPS) is 24.2. The molecule has 10 heteroatoms. The lowest BCUT2D eigenvalue weighted by molar-refractivity contribution is -0.0137. The molecule has 0 fully saturated rings. The molecule has 0 bridgehead atoms. The molecular weight excluding hydrogens is 458 g/mol. The Balaban J connectivity index is 2.51. The summed E-state index contributed by atoms with van der Waals surface area (Å²) in [4.78, 5) is 17.5. The quantitative estimate of drug-likeness (QED) is 0.619. The number of rotatable bonds is 6. The van der Waals surface area contributed by atoms with Gasteiger partial charge in [0.25, 0.3) is 5.91 Å². The first-order chi connectivity index (χ1) is 15.9. The summed E-state index contributed by atoms with van der Waals surface area (Å²) in [5, 5.41) is 9.91. The van der Waals surface area contributed by atoms with E-state index in [1.807, 2.05) is 27.9 Å². The van der Waals surface area contributed by atoms with E-state index in [9.17, 15) is 18.3 Å². The first-order valence-corrected chi connectivity index (χ1v) is 13.8. The summed E-state index contributed by atoms with van der Waals surface area (Å²) in [6.07, 6.45) is 3.48. The standard InChI is InChI=1S/C24H41N3O6S/c1-17-14-27(18(2)16-28)24(29)21-13-20(25-34(6,30)31)10-11-22(21)33-19(3)9-7-8-12-32-23(17)15-26(4)5/h10-11,13,17-19,23,25,28H,7-9,12,14-16H2,1-6H3/t17-,18-,19-,23-/m0/s1. The van der Waals surface area contributed by atoms with Crippen LogP contribution in [-0.2, 0) is 14.8 Å². The van der Waals surface area contributed by atoms with Crippen LogP contribution in [0.5, 0.6) is 5.75 Å². The molecule has 0 radical (unpaired) electrons. The summed E-state index contributed by atoms with van der Waals surface area (Å²) in [6, 6.07) is 4.28. The van der Waals surface area contributed by atoms with E-state index in [4.69, 9.17) is 9.47 Å². The largest absolute Gasteiger partial charge is 0.490 e. The van der Waals surface area contributed by atoms with E-state index in [0.717, 1.165) is 32.1 Å². The molecule has 1 aliphatic rings. The highest BCUT2D eigenvalue weighted by Gasteiger charge is 2.30. The van der Waals surface area contributed by atoms with E-state index in [-0.39, 0.29) is 41.9 Å². The molecule has 194 valence electrons. The number of carbonyl (C=O) groups is 1. The fraction of sp³-hybridized carbons (Fsp3) is 0.708. The number of nitrogens with one attached hydrogen (secondary N) is 1. The second-order valence-corrected chi connectivity index (χ2v) is 11.4. The van der Waals surface area contributed by atoms with Crippen LogP contribution in [0.25, 0.3) is 0 Å². The minimum Gasteiger partial charge on any atom is -0.490 e. The number of amides is 1. The van der Waals surface area contributed by atoms with Gasteiger partial charge < -0.3 is 24.4 Å². The Morgan fingerprint density at radius 2 is 1.97 bits per heavy atom. The number of aliphatic hydroxyl groups is 1. The van der Waals surface area contributed by atoms with Gasteiger partial charge in [-0.25, -0.2) is 8.42 Å². The van der Waals surface area contributed by atoms with Crippen LogP contribution in [0.4, 0.5) is 5.69 Å². The maximum atomic E-state index is 13.8. The molecule has 0 aromatic heterocycles. The Labute approximate surface area is 204 Å². The Morgan fingerprint density at radius 1 is 1.26 bits per heavy atom. The summed E-state index contributed by atoms with van der Waals surface area (Å²) in [5.74, 6) is 0.0785. The van der Waals surface area contributed by atoms with Crippen molar-refractivity contribution >= 4 is 21.6 Å². The topological polar surface area (TPSA) is 108 Å². The number of likely N-dealkylation sites (N-methyl/N-ethyl adjacent to an activating group) is 1. The second kappa shape index (κ2) is 12.7. The average molecular weight is 500 g/mol. The van der Waals surface area contributed by atoms with Crippen molar-refractivity contribution in [1.29, 1.82) is 0 Å². The van der Waals surface area contributed by atoms with Crippen molar-refractivity contribution < 1.29 is 27.8 Å². The zero-order valence-corrected chi connectivity index (χ0v) is 22.1. The smallest absolute Gasteiger partial charge is 0.258 e. The van der Waals surface area contributed by atoms with E-state index < -0.39 is 16.1 Å². The summed E-state index contributed by atoms with van der Waals surface area (Å²) in [7, 11) is 0.465. The Hall–Kier alpha value is -1.88. The van der Waals surface area contributed by atoms with E-state index in [2.05, 4.69) is 9.62 Å². The fourth-order valence-electron chi connectivity index (χ4n) is 4.02. The van der Waals surface area contributed by atoms with Crippen molar-refractivity contribution in [2.24, 2.45) is 5.92 Å². The van der Waals surface area contributed by atoms with E-state index in [1.165, 1.54) is 6.07 Å². The lowest BCUT2D eigenvalue weighted by atomic mass is 10.0. The molecule has 1 heterocycles. The van der Waals surface area contributed by atoms with Crippen molar-refractivity contribution in [2.75, 3.05) is 51.4 Å². The van der Waals surface area contributed by atoms with Crippen LogP contribution < -0.4 is 9.46 Å². The molecular formula is C24H41N3O6S. The van der Waals surface area contributed by atoms with Gasteiger partial charge in [-0.2, -0.15) is 0 Å². The number of sulfonamides is 1. The number of ether oxygens (including phenoxy) is 2. The Bertz CT molecular complexity index is 908. The summed E-state index contributed by atoms with van der Waals surface area (Å²) in [6.45, 7) is 7.31. The SMILES string of the molecule is C[C@H]1CCCCO[C@@H](CN(C)C)[C@@H](C)CN([C@@H](C)CO)C(=O)c2cc(NS(C)(=O)=O)ccc2O1. The van der Waals surface area contributed by atoms with Gasteiger partial charge in [-0.3, -0.25) is 9.52 Å². The molecule has 1 aliphatic heterocycles. The van der Waals surface area contributed by atoms with E-state index >= 15 is 0 Å². The van der Waals surface area contributed by atoms with E-state index in [1.54, 1.807) is 24.0 Å². The van der Waals surface area contributed by atoms with Gasteiger partial charge in [0.1, 0.15) is 5.75 Å². The highest BCUT2D eigenvalue weighted by molar-refractivity contribution is 7.92. The number of hydrogen-bond donors (Lipinski definition) is 2. The number of nitrogens with zero attached hydrogens (tertiary/aromatic N) is 2. The van der Waals surface area contributed by atoms with Crippen LogP contribution in [-0.4, -0.2) is 94.1 Å². The monoisotopic (exact) mass is 499 g/mol. The van der Waals surface area contributed by atoms with Crippen molar-refractivity contribution in [3.8, 4) is 5.75 Å². The van der Waals surface area contributed by atoms with Gasteiger partial charge in [0.05, 0.1) is 36.7 Å². The molecule has 0 aliphatic carbocycles. The third kappa shape index (κ3) is 8.72. The fourth-order valence-corrected chi connectivity index (χ4v) is 4.58. The molecule has 2 rings (SSSR count). The molecule has 1 aromatic rings. The molecule has 1 aromatic carbocycles. The van der Waals surface area contributed by atoms with Gasteiger partial charge in [-0.1, -0.05) is 6.92 Å². The van der Waals surface area contributed by atoms with Crippen LogP contribution >= 0.6 is 0 Å². The lowest BCUT2D eigenvalue weighted by Crippen LogP contribution is -2.47. The van der Waals surface area contributed by atoms with Crippen LogP contribution in [0, 0.1) is 5.92 Å². The highest BCUT2D eigenvalue weighted by atomic mass is 32.2. The van der Waals surface area contributed by atoms with Crippen molar-refractivity contribution in [1.82, 2.24) is 9.80 Å². The van der Waals surface area contributed by atoms with E-state index in [0.29, 0.717) is 18.9 Å². The third-order valence-corrected chi connectivity index (χ3v) is 6.51. The Kier molecular flexibility index (Phi) is 10.6. The number of benzene rings is 1. The Morgan fingerprint density at radius 3 is 2.59 bits per heavy atom. The maximum Gasteiger partial charge on any atom is 0.258 e. The van der Waals surface area contributed by atoms with Crippen molar-refractivity contribution in [3.05, 3.63) is 23.8 Å². The number of fused-ring (bicyclic) bond motifs is 1. The zero-order valence-electron chi connectivity index (χ0n) is 21.3. The first kappa shape index (κ1) is 28.4. The molecule has 34 heavy (non-hydrogen) atoms. The van der Waals surface area contributed by atoms with Gasteiger partial charge in [0.15, 0.2) is 0 Å². The lowest BCUT2D eigenvalue weighted by Gasteiger charge is -2.35. The van der Waals surface area contributed by atoms with Crippen molar-refractivity contribution in [2.45, 2.75) is 58.3 Å². The van der Waals surface area contributed by atoms with Gasteiger partial charge in [-0.05, 0) is 65.4 Å². The average Bonchev–Trinajstić information content (AvgIpc) is 2.74. The van der Waals surface area contributed by atoms with Gasteiger partial charge in [-0.15, -0.1) is 0 Å². The number of aliphatic hydroxyl groups excluding tert-OH is 1. The number of hydrogen-bond acceptors (Lipinski definition) is 7. The minimum atomic E-state index is -3.52. The summed E-state index contributed by atoms with van der Waals surface area (Å²) >= 11 is 0. The summed E-state index contributed by atoms with van der Waals surface area (Å²) < 4.78 is 38.3. The maximum absolute atomic E-state index is 13.8. The second-order valence-electron chi connectivity index (χ2n) is 9.65. The number of carbonyl (C=O) groups excluding carboxylic acids is 1. The van der Waals surface area contributed by atoms with Crippen LogP contribution in [0.2, 0.25) is 0 Å². The van der Waals surface area contributed by atoms with Crippen LogP contribution in [0.3, 0.4) is 0 Å². The zero-order chi connectivity index (χ0) is 25.5. The third-order valence-electron chi connectivity index (χ3n) is 5.90. The predicted molar refractivity (Wildman–Crippen MR) is 134 cm³/mol. The van der Waals surface area contributed by atoms with Crippen molar-refractivity contribution in [3.63, 3.8) is 0 Å². The molecule has 2 N–H and O–H groups in total. The van der Waals surface area contributed by atoms with Crippen LogP contribution in [0.1, 0.15) is 50.4 Å². The molecule has 9 nitrogen and oxygen atoms in total. The number of anilines is 1. The predicted octanol–water partition coefficient (Wildman–Crippen LogP) is 2.42. The molecule has 0 unspecified atom stereocenters. The molecule has 1 amide bonds.